The highest BCUT2D eigenvalue weighted by Crippen LogP contribution is 2.42. The normalized spacial score (nSPS) is 30.4. The molecule has 0 aromatic rings. The summed E-state index contributed by atoms with van der Waals surface area (Å²) in [7, 11) is 0. The molecule has 3 nitrogen and oxygen atoms in total. The lowest BCUT2D eigenvalue weighted by Gasteiger charge is -2.38. The minimum absolute atomic E-state index is 0.0776. The number of halogens is 3. The molecule has 1 amide bonds. The molecule has 1 aliphatic heterocycles. The van der Waals surface area contributed by atoms with Crippen LogP contribution in [0.5, 0.6) is 0 Å². The summed E-state index contributed by atoms with van der Waals surface area (Å²) in [6, 6.07) is 0.0776. The second-order valence-corrected chi connectivity index (χ2v) is 5.70. The van der Waals surface area contributed by atoms with Gasteiger partial charge in [0.2, 0.25) is 5.91 Å². The van der Waals surface area contributed by atoms with E-state index in [4.69, 9.17) is 5.73 Å². The molecule has 0 aromatic heterocycles. The van der Waals surface area contributed by atoms with Crippen molar-refractivity contribution in [1.29, 1.82) is 0 Å². The van der Waals surface area contributed by atoms with Crippen molar-refractivity contribution in [2.45, 2.75) is 50.7 Å². The number of nitrogens with zero attached hydrogens (tertiary/aromatic N) is 1. The van der Waals surface area contributed by atoms with E-state index in [9.17, 15) is 18.0 Å². The number of likely N-dealkylation sites (tertiary alicyclic amines) is 1. The van der Waals surface area contributed by atoms with Crippen LogP contribution in [0.3, 0.4) is 0 Å². The number of rotatable bonds is 1. The summed E-state index contributed by atoms with van der Waals surface area (Å²) in [5.74, 6) is -2.64. The van der Waals surface area contributed by atoms with E-state index in [0.29, 0.717) is 38.8 Å². The molecule has 2 rings (SSSR count). The molecule has 19 heavy (non-hydrogen) atoms. The number of hydrogen-bond acceptors (Lipinski definition) is 2. The van der Waals surface area contributed by atoms with E-state index in [-0.39, 0.29) is 18.4 Å². The molecule has 2 unspecified atom stereocenters. The second kappa shape index (κ2) is 5.69. The van der Waals surface area contributed by atoms with Crippen LogP contribution < -0.4 is 5.73 Å². The van der Waals surface area contributed by atoms with Crippen molar-refractivity contribution in [3.63, 3.8) is 0 Å². The van der Waals surface area contributed by atoms with E-state index in [1.54, 1.807) is 4.90 Å². The number of amides is 1. The van der Waals surface area contributed by atoms with Crippen LogP contribution >= 0.6 is 0 Å². The van der Waals surface area contributed by atoms with Crippen LogP contribution in [0.15, 0.2) is 0 Å². The standard InChI is InChI=1S/C13H21F3N2O/c14-13(15,16)11-4-2-1-3-10(11)12(19)18-7-5-9(17)6-8-18/h9-11H,1-8,17H2. The van der Waals surface area contributed by atoms with E-state index in [0.717, 1.165) is 6.42 Å². The fourth-order valence-corrected chi connectivity index (χ4v) is 3.17. The second-order valence-electron chi connectivity index (χ2n) is 5.70. The topological polar surface area (TPSA) is 46.3 Å². The van der Waals surface area contributed by atoms with Gasteiger partial charge in [-0.05, 0) is 25.7 Å². The molecule has 0 bridgehead atoms. The predicted octanol–water partition coefficient (Wildman–Crippen LogP) is 2.30. The summed E-state index contributed by atoms with van der Waals surface area (Å²) in [6.07, 6.45) is -1.13. The molecule has 0 aromatic carbocycles. The van der Waals surface area contributed by atoms with Crippen LogP contribution in [0.1, 0.15) is 38.5 Å². The minimum Gasteiger partial charge on any atom is -0.342 e. The zero-order chi connectivity index (χ0) is 14.0. The summed E-state index contributed by atoms with van der Waals surface area (Å²) in [5, 5.41) is 0. The molecule has 2 fully saturated rings. The van der Waals surface area contributed by atoms with Crippen molar-refractivity contribution >= 4 is 5.91 Å². The fraction of sp³-hybridized carbons (Fsp3) is 0.923. The Balaban J connectivity index is 2.03. The summed E-state index contributed by atoms with van der Waals surface area (Å²) >= 11 is 0. The highest BCUT2D eigenvalue weighted by atomic mass is 19.4. The third-order valence-corrected chi connectivity index (χ3v) is 4.35. The number of hydrogen-bond donors (Lipinski definition) is 1. The molecule has 6 heteroatoms. The van der Waals surface area contributed by atoms with Gasteiger partial charge in [-0.2, -0.15) is 13.2 Å². The maximum Gasteiger partial charge on any atom is 0.392 e. The van der Waals surface area contributed by atoms with E-state index < -0.39 is 18.0 Å². The number of piperidine rings is 1. The van der Waals surface area contributed by atoms with Crippen molar-refractivity contribution in [3.05, 3.63) is 0 Å². The van der Waals surface area contributed by atoms with Crippen molar-refractivity contribution in [2.24, 2.45) is 17.6 Å². The first-order chi connectivity index (χ1) is 8.89. The van der Waals surface area contributed by atoms with Gasteiger partial charge in [0.15, 0.2) is 0 Å². The van der Waals surface area contributed by atoms with Crippen LogP contribution in [0.25, 0.3) is 0 Å². The Kier molecular flexibility index (Phi) is 4.38. The molecule has 2 N–H and O–H groups in total. The molecule has 2 aliphatic rings. The van der Waals surface area contributed by atoms with Gasteiger partial charge in [-0.25, -0.2) is 0 Å². The SMILES string of the molecule is NC1CCN(C(=O)C2CCCCC2C(F)(F)F)CC1. The van der Waals surface area contributed by atoms with Crippen LogP contribution in [0.2, 0.25) is 0 Å². The Hall–Kier alpha value is -0.780. The molecule has 1 heterocycles. The minimum atomic E-state index is -4.26. The largest absolute Gasteiger partial charge is 0.392 e. The molecule has 1 saturated carbocycles. The highest BCUT2D eigenvalue weighted by Gasteiger charge is 2.49. The van der Waals surface area contributed by atoms with Crippen LogP contribution in [0, 0.1) is 11.8 Å². The van der Waals surface area contributed by atoms with Gasteiger partial charge in [0.1, 0.15) is 0 Å². The average molecular weight is 278 g/mol. The summed E-state index contributed by atoms with van der Waals surface area (Å²) in [5.41, 5.74) is 5.75. The quantitative estimate of drug-likeness (QED) is 0.800. The maximum atomic E-state index is 13.0. The van der Waals surface area contributed by atoms with Gasteiger partial charge in [0, 0.05) is 25.0 Å². The molecule has 0 spiro atoms. The molecule has 1 saturated heterocycles. The van der Waals surface area contributed by atoms with Gasteiger partial charge in [0.05, 0.1) is 5.92 Å². The van der Waals surface area contributed by atoms with Crippen molar-refractivity contribution < 1.29 is 18.0 Å². The maximum absolute atomic E-state index is 13.0. The van der Waals surface area contributed by atoms with Crippen LogP contribution in [0.4, 0.5) is 13.2 Å². The van der Waals surface area contributed by atoms with Gasteiger partial charge in [-0.1, -0.05) is 12.8 Å². The zero-order valence-electron chi connectivity index (χ0n) is 11.0. The van der Waals surface area contributed by atoms with Gasteiger partial charge >= 0.3 is 6.18 Å². The molecular formula is C13H21F3N2O. The van der Waals surface area contributed by atoms with E-state index in [1.807, 2.05) is 0 Å². The summed E-state index contributed by atoms with van der Waals surface area (Å²) in [6.45, 7) is 1.00. The van der Waals surface area contributed by atoms with Crippen molar-refractivity contribution in [2.75, 3.05) is 13.1 Å². The predicted molar refractivity (Wildman–Crippen MR) is 65.3 cm³/mol. The van der Waals surface area contributed by atoms with E-state index >= 15 is 0 Å². The molecular weight excluding hydrogens is 257 g/mol. The lowest BCUT2D eigenvalue weighted by atomic mass is 9.77. The molecule has 1 aliphatic carbocycles. The Bertz CT molecular complexity index is 324. The van der Waals surface area contributed by atoms with Gasteiger partial charge in [-0.15, -0.1) is 0 Å². The first-order valence-corrected chi connectivity index (χ1v) is 7.00. The number of carbonyl (C=O) groups is 1. The molecule has 2 atom stereocenters. The Labute approximate surface area is 111 Å². The summed E-state index contributed by atoms with van der Waals surface area (Å²) in [4.78, 5) is 13.9. The highest BCUT2D eigenvalue weighted by molar-refractivity contribution is 5.79. The Morgan fingerprint density at radius 2 is 1.63 bits per heavy atom. The molecule has 110 valence electrons. The van der Waals surface area contributed by atoms with Crippen molar-refractivity contribution in [1.82, 2.24) is 4.90 Å². The van der Waals surface area contributed by atoms with Gasteiger partial charge in [0.25, 0.3) is 0 Å². The lowest BCUT2D eigenvalue weighted by Crippen LogP contribution is -2.49. The number of nitrogens with two attached hydrogens (primary N) is 1. The lowest BCUT2D eigenvalue weighted by molar-refractivity contribution is -0.201. The average Bonchev–Trinajstić information content (AvgIpc) is 2.38. The van der Waals surface area contributed by atoms with Crippen molar-refractivity contribution in [3.8, 4) is 0 Å². The number of alkyl halides is 3. The fourth-order valence-electron chi connectivity index (χ4n) is 3.17. The van der Waals surface area contributed by atoms with E-state index in [2.05, 4.69) is 0 Å². The molecule has 0 radical (unpaired) electrons. The Morgan fingerprint density at radius 1 is 1.05 bits per heavy atom. The van der Waals surface area contributed by atoms with Gasteiger partial charge < -0.3 is 10.6 Å². The Morgan fingerprint density at radius 3 is 2.21 bits per heavy atom. The van der Waals surface area contributed by atoms with E-state index in [1.165, 1.54) is 0 Å². The van der Waals surface area contributed by atoms with Gasteiger partial charge in [-0.3, -0.25) is 4.79 Å². The summed E-state index contributed by atoms with van der Waals surface area (Å²) < 4.78 is 39.0. The van der Waals surface area contributed by atoms with Crippen LogP contribution in [-0.2, 0) is 4.79 Å². The number of carbonyl (C=O) groups excluding carboxylic acids is 1. The monoisotopic (exact) mass is 278 g/mol. The first kappa shape index (κ1) is 14.6. The van der Waals surface area contributed by atoms with Crippen LogP contribution in [-0.4, -0.2) is 36.1 Å². The smallest absolute Gasteiger partial charge is 0.342 e. The third kappa shape index (κ3) is 3.41. The first-order valence-electron chi connectivity index (χ1n) is 7.00. The zero-order valence-corrected chi connectivity index (χ0v) is 11.0. The third-order valence-electron chi connectivity index (χ3n) is 4.35.